The average molecular weight is 182 g/mol. The molecule has 3 nitrogen and oxygen atoms in total. The van der Waals surface area contributed by atoms with Gasteiger partial charge in [0.2, 0.25) is 0 Å². The first-order valence-electron chi connectivity index (χ1n) is 4.54. The lowest BCUT2D eigenvalue weighted by Gasteiger charge is -2.33. The van der Waals surface area contributed by atoms with Gasteiger partial charge in [0.15, 0.2) is 0 Å². The molecular weight excluding hydrogens is 168 g/mol. The second kappa shape index (κ2) is 4.18. The van der Waals surface area contributed by atoms with Crippen LogP contribution in [-0.2, 0) is 4.74 Å². The molecule has 0 aromatic carbocycles. The van der Waals surface area contributed by atoms with Gasteiger partial charge in [0.1, 0.15) is 5.60 Å². The molecule has 13 heavy (non-hydrogen) atoms. The van der Waals surface area contributed by atoms with Crippen LogP contribution in [0, 0.1) is 12.3 Å². The Hall–Kier alpha value is -1.17. The molecule has 72 valence electrons. The van der Waals surface area contributed by atoms with Crippen molar-refractivity contribution in [2.75, 3.05) is 0 Å². The lowest BCUT2D eigenvalue weighted by atomic mass is 9.82. The molecule has 0 unspecified atom stereocenters. The summed E-state index contributed by atoms with van der Waals surface area (Å²) in [7, 11) is 0. The van der Waals surface area contributed by atoms with Gasteiger partial charge in [0.05, 0.1) is 0 Å². The molecule has 1 aliphatic carbocycles. The van der Waals surface area contributed by atoms with Crippen molar-refractivity contribution in [1.29, 1.82) is 0 Å². The van der Waals surface area contributed by atoms with Gasteiger partial charge in [-0.05, 0) is 25.7 Å². The van der Waals surface area contributed by atoms with Gasteiger partial charge >= 0.3 is 6.16 Å². The Kier molecular flexibility index (Phi) is 3.18. The maximum absolute atomic E-state index is 10.5. The van der Waals surface area contributed by atoms with Gasteiger partial charge in [0.25, 0.3) is 0 Å². The van der Waals surface area contributed by atoms with Crippen LogP contribution in [0.3, 0.4) is 0 Å². The van der Waals surface area contributed by atoms with Crippen LogP contribution in [0.1, 0.15) is 38.5 Å². The van der Waals surface area contributed by atoms with Crippen LogP contribution in [0.25, 0.3) is 0 Å². The number of terminal acetylenes is 1. The second-order valence-corrected chi connectivity index (χ2v) is 3.49. The van der Waals surface area contributed by atoms with Gasteiger partial charge in [-0.15, -0.1) is 12.3 Å². The summed E-state index contributed by atoms with van der Waals surface area (Å²) in [5.74, 6) is 2.50. The highest BCUT2D eigenvalue weighted by Gasteiger charge is 2.35. The minimum Gasteiger partial charge on any atom is -0.450 e. The summed E-state index contributed by atoms with van der Waals surface area (Å²) >= 11 is 0. The Morgan fingerprint density at radius 1 is 1.46 bits per heavy atom. The van der Waals surface area contributed by atoms with Crippen LogP contribution in [0.15, 0.2) is 0 Å². The maximum atomic E-state index is 10.5. The number of carboxylic acid groups (broad SMARTS) is 1. The van der Waals surface area contributed by atoms with Gasteiger partial charge in [-0.1, -0.05) is 6.42 Å². The molecule has 3 heteroatoms. The summed E-state index contributed by atoms with van der Waals surface area (Å²) in [5.41, 5.74) is -0.584. The molecule has 0 aliphatic heterocycles. The lowest BCUT2D eigenvalue weighted by Crippen LogP contribution is -2.36. The molecule has 0 heterocycles. The number of carbonyl (C=O) groups is 1. The Balaban J connectivity index is 2.62. The predicted octanol–water partition coefficient (Wildman–Crippen LogP) is 2.41. The number of rotatable bonds is 2. The monoisotopic (exact) mass is 182 g/mol. The third-order valence-electron chi connectivity index (χ3n) is 2.49. The van der Waals surface area contributed by atoms with Crippen molar-refractivity contribution in [3.63, 3.8) is 0 Å². The average Bonchev–Trinajstić information content (AvgIpc) is 2.04. The van der Waals surface area contributed by atoms with Crippen molar-refractivity contribution in [3.8, 4) is 12.3 Å². The van der Waals surface area contributed by atoms with Gasteiger partial charge < -0.3 is 9.84 Å². The van der Waals surface area contributed by atoms with E-state index in [1.807, 2.05) is 0 Å². The zero-order chi connectivity index (χ0) is 9.73. The van der Waals surface area contributed by atoms with E-state index in [0.29, 0.717) is 6.42 Å². The van der Waals surface area contributed by atoms with Gasteiger partial charge in [-0.2, -0.15) is 0 Å². The molecule has 0 aromatic rings. The Labute approximate surface area is 78.1 Å². The van der Waals surface area contributed by atoms with Crippen LogP contribution in [0.5, 0.6) is 0 Å². The molecule has 1 fully saturated rings. The van der Waals surface area contributed by atoms with Crippen molar-refractivity contribution in [2.24, 2.45) is 0 Å². The van der Waals surface area contributed by atoms with E-state index in [2.05, 4.69) is 5.92 Å². The van der Waals surface area contributed by atoms with Crippen molar-refractivity contribution in [2.45, 2.75) is 44.1 Å². The van der Waals surface area contributed by atoms with Crippen molar-refractivity contribution >= 4 is 6.16 Å². The lowest BCUT2D eigenvalue weighted by molar-refractivity contribution is -0.0381. The highest BCUT2D eigenvalue weighted by molar-refractivity contribution is 5.57. The number of ether oxygens (including phenoxy) is 1. The molecule has 0 bridgehead atoms. The molecule has 0 spiro atoms. The fourth-order valence-corrected chi connectivity index (χ4v) is 1.88. The summed E-state index contributed by atoms with van der Waals surface area (Å²) in [5, 5.41) is 8.57. The molecule has 1 saturated carbocycles. The van der Waals surface area contributed by atoms with Crippen molar-refractivity contribution in [1.82, 2.24) is 0 Å². The van der Waals surface area contributed by atoms with Crippen LogP contribution in [-0.4, -0.2) is 16.9 Å². The molecule has 0 amide bonds. The maximum Gasteiger partial charge on any atom is 0.506 e. The van der Waals surface area contributed by atoms with Crippen LogP contribution >= 0.6 is 0 Å². The van der Waals surface area contributed by atoms with Crippen LogP contribution in [0.2, 0.25) is 0 Å². The van der Waals surface area contributed by atoms with E-state index in [4.69, 9.17) is 16.3 Å². The van der Waals surface area contributed by atoms with E-state index < -0.39 is 11.8 Å². The smallest absolute Gasteiger partial charge is 0.450 e. The Morgan fingerprint density at radius 2 is 2.08 bits per heavy atom. The Bertz CT molecular complexity index is 221. The molecule has 0 radical (unpaired) electrons. The first kappa shape index (κ1) is 9.91. The van der Waals surface area contributed by atoms with Gasteiger partial charge in [-0.25, -0.2) is 4.79 Å². The molecule has 0 saturated heterocycles. The summed E-state index contributed by atoms with van der Waals surface area (Å²) in [6, 6.07) is 0. The first-order valence-corrected chi connectivity index (χ1v) is 4.54. The fourth-order valence-electron chi connectivity index (χ4n) is 1.88. The van der Waals surface area contributed by atoms with Crippen LogP contribution < -0.4 is 0 Å². The minimum absolute atomic E-state index is 0.402. The Morgan fingerprint density at radius 3 is 2.54 bits per heavy atom. The minimum atomic E-state index is -1.21. The normalized spacial score (nSPS) is 20.2. The van der Waals surface area contributed by atoms with E-state index in [1.54, 1.807) is 0 Å². The highest BCUT2D eigenvalue weighted by Crippen LogP contribution is 2.34. The van der Waals surface area contributed by atoms with E-state index in [1.165, 1.54) is 0 Å². The van der Waals surface area contributed by atoms with Gasteiger partial charge in [0, 0.05) is 6.42 Å². The predicted molar refractivity (Wildman–Crippen MR) is 48.4 cm³/mol. The third kappa shape index (κ3) is 2.66. The first-order chi connectivity index (χ1) is 6.18. The molecule has 1 N–H and O–H groups in total. The highest BCUT2D eigenvalue weighted by atomic mass is 16.7. The molecule has 1 aliphatic rings. The summed E-state index contributed by atoms with van der Waals surface area (Å²) < 4.78 is 4.89. The molecule has 0 atom stereocenters. The summed E-state index contributed by atoms with van der Waals surface area (Å²) in [6.45, 7) is 0. The van der Waals surface area contributed by atoms with Crippen molar-refractivity contribution in [3.05, 3.63) is 0 Å². The summed E-state index contributed by atoms with van der Waals surface area (Å²) in [4.78, 5) is 10.5. The number of hydrogen-bond acceptors (Lipinski definition) is 2. The largest absolute Gasteiger partial charge is 0.506 e. The topological polar surface area (TPSA) is 46.5 Å². The quantitative estimate of drug-likeness (QED) is 0.527. The number of hydrogen-bond donors (Lipinski definition) is 1. The standard InChI is InChI=1S/C10H14O3/c1-2-6-10(13-9(11)12)7-4-3-5-8-10/h1H,3-8H2,(H,11,12). The second-order valence-electron chi connectivity index (χ2n) is 3.49. The summed E-state index contributed by atoms with van der Waals surface area (Å²) in [6.07, 6.45) is 9.09. The fraction of sp³-hybridized carbons (Fsp3) is 0.700. The third-order valence-corrected chi connectivity index (χ3v) is 2.49. The van der Waals surface area contributed by atoms with Gasteiger partial charge in [-0.3, -0.25) is 0 Å². The van der Waals surface area contributed by atoms with Crippen LogP contribution in [0.4, 0.5) is 4.79 Å². The SMILES string of the molecule is C#CCC1(OC(=O)O)CCCCC1. The van der Waals surface area contributed by atoms with E-state index in [0.717, 1.165) is 32.1 Å². The zero-order valence-corrected chi connectivity index (χ0v) is 7.58. The van der Waals surface area contributed by atoms with E-state index >= 15 is 0 Å². The molecular formula is C10H14O3. The molecule has 0 aromatic heterocycles. The zero-order valence-electron chi connectivity index (χ0n) is 7.58. The van der Waals surface area contributed by atoms with Crippen molar-refractivity contribution < 1.29 is 14.6 Å². The molecule has 1 rings (SSSR count). The van der Waals surface area contributed by atoms with E-state index in [9.17, 15) is 4.79 Å². The van der Waals surface area contributed by atoms with E-state index in [-0.39, 0.29) is 0 Å².